The van der Waals surface area contributed by atoms with Gasteiger partial charge < -0.3 is 50.2 Å². The van der Waals surface area contributed by atoms with Gasteiger partial charge in [-0.3, -0.25) is 0 Å². The van der Waals surface area contributed by atoms with Crippen LogP contribution in [0.2, 0.25) is 0 Å². The van der Waals surface area contributed by atoms with Crippen molar-refractivity contribution in [2.24, 2.45) is 5.73 Å². The minimum absolute atomic E-state index is 0.0413. The Bertz CT molecular complexity index is 472. The number of carbonyl (C=O) groups is 4. The largest absolute Gasteiger partial charge is 0.478 e. The van der Waals surface area contributed by atoms with Crippen LogP contribution in [0.15, 0.2) is 38.0 Å². The molecule has 0 aromatic carbocycles. The molecule has 14 nitrogen and oxygen atoms in total. The summed E-state index contributed by atoms with van der Waals surface area (Å²) < 4.78 is 19.2. The molecule has 0 aliphatic rings. The van der Waals surface area contributed by atoms with E-state index in [0.29, 0.717) is 46.2 Å². The zero-order valence-corrected chi connectivity index (χ0v) is 19.3. The van der Waals surface area contributed by atoms with E-state index in [1.165, 1.54) is 0 Å². The Labute approximate surface area is 198 Å². The molecule has 0 unspecified atom stereocenters. The van der Waals surface area contributed by atoms with E-state index in [2.05, 4.69) is 30.2 Å². The maximum absolute atomic E-state index is 9.60. The number of hydrogen-bond acceptors (Lipinski definition) is 10. The molecule has 0 spiro atoms. The van der Waals surface area contributed by atoms with Crippen LogP contribution in [-0.2, 0) is 33.3 Å². The maximum atomic E-state index is 9.60. The van der Waals surface area contributed by atoms with Crippen LogP contribution in [-0.4, -0.2) is 109 Å². The van der Waals surface area contributed by atoms with E-state index >= 15 is 0 Å². The Morgan fingerprint density at radius 2 is 0.912 bits per heavy atom. The SMILES string of the molecule is C=CC(=O)O.C=CC(=O)O.C=CC(=O)O.CCOC(N)=O.OCCOCCOCCOCCO. The molecule has 0 aliphatic heterocycles. The van der Waals surface area contributed by atoms with Gasteiger partial charge in [0.2, 0.25) is 0 Å². The van der Waals surface area contributed by atoms with Crippen LogP contribution in [0.1, 0.15) is 6.92 Å². The summed E-state index contributed by atoms with van der Waals surface area (Å²) in [5.41, 5.74) is 4.54. The summed E-state index contributed by atoms with van der Waals surface area (Å²) >= 11 is 0. The Morgan fingerprint density at radius 3 is 1.03 bits per heavy atom. The number of carboxylic acids is 3. The lowest BCUT2D eigenvalue weighted by molar-refractivity contribution is -0.132. The van der Waals surface area contributed by atoms with Gasteiger partial charge in [-0.2, -0.15) is 0 Å². The number of primary amides is 1. The number of aliphatic hydroxyl groups is 2. The Balaban J connectivity index is -0.000000112. The van der Waals surface area contributed by atoms with E-state index in [0.717, 1.165) is 18.2 Å². The second-order valence-electron chi connectivity index (χ2n) is 4.66. The van der Waals surface area contributed by atoms with Crippen molar-refractivity contribution in [3.63, 3.8) is 0 Å². The first-order valence-electron chi connectivity index (χ1n) is 9.43. The maximum Gasteiger partial charge on any atom is 0.404 e. The fourth-order valence-corrected chi connectivity index (χ4v) is 0.813. The fraction of sp³-hybridized carbons (Fsp3) is 0.500. The molecule has 0 aliphatic carbocycles. The van der Waals surface area contributed by atoms with Gasteiger partial charge in [-0.05, 0) is 6.92 Å². The number of nitrogens with two attached hydrogens (primary N) is 1. The van der Waals surface area contributed by atoms with E-state index in [1.54, 1.807) is 6.92 Å². The van der Waals surface area contributed by atoms with Crippen molar-refractivity contribution >= 4 is 24.0 Å². The normalized spacial score (nSPS) is 8.21. The minimum atomic E-state index is -0.981. The van der Waals surface area contributed by atoms with Crippen molar-refractivity contribution in [1.29, 1.82) is 0 Å². The summed E-state index contributed by atoms with van der Waals surface area (Å²) in [5, 5.41) is 39.5. The van der Waals surface area contributed by atoms with Crippen molar-refractivity contribution in [3.05, 3.63) is 38.0 Å². The van der Waals surface area contributed by atoms with Gasteiger partial charge in [0.15, 0.2) is 0 Å². The molecular formula is C20H37NO13. The quantitative estimate of drug-likeness (QED) is 0.135. The van der Waals surface area contributed by atoms with Gasteiger partial charge in [-0.25, -0.2) is 19.2 Å². The van der Waals surface area contributed by atoms with Gasteiger partial charge in [0, 0.05) is 18.2 Å². The number of hydrogen-bond donors (Lipinski definition) is 6. The van der Waals surface area contributed by atoms with Gasteiger partial charge in [-0.15, -0.1) is 0 Å². The summed E-state index contributed by atoms with van der Waals surface area (Å²) in [7, 11) is 0. The molecule has 200 valence electrons. The lowest BCUT2D eigenvalue weighted by atomic mass is 10.7. The Morgan fingerprint density at radius 1 is 0.676 bits per heavy atom. The molecule has 0 radical (unpaired) electrons. The third kappa shape index (κ3) is 89.3. The first-order valence-corrected chi connectivity index (χ1v) is 9.43. The zero-order chi connectivity index (χ0) is 27.6. The number of carbonyl (C=O) groups excluding carboxylic acids is 1. The number of rotatable bonds is 14. The van der Waals surface area contributed by atoms with Crippen LogP contribution in [0, 0.1) is 0 Å². The van der Waals surface area contributed by atoms with E-state index in [1.807, 2.05) is 0 Å². The van der Waals surface area contributed by atoms with Crippen molar-refractivity contribution < 1.29 is 63.7 Å². The Hall–Kier alpha value is -3.30. The standard InChI is InChI=1S/C8H18O5.C3H7NO2.3C3H4O2/c9-1-3-11-5-7-13-8-6-12-4-2-10;1-2-6-3(4)5;3*1-2-3(4)5/h9-10H,1-8H2;2H2,1H3,(H2,4,5);3*2H,1H2,(H,4,5). The van der Waals surface area contributed by atoms with Crippen molar-refractivity contribution in [2.75, 3.05) is 59.5 Å². The van der Waals surface area contributed by atoms with E-state index in [-0.39, 0.29) is 13.2 Å². The van der Waals surface area contributed by atoms with Gasteiger partial charge in [0.1, 0.15) is 0 Å². The molecule has 1 amide bonds. The summed E-state index contributed by atoms with van der Waals surface area (Å²) in [4.78, 5) is 37.3. The molecule has 7 N–H and O–H groups in total. The molecule has 0 atom stereocenters. The highest BCUT2D eigenvalue weighted by Crippen LogP contribution is 1.80. The summed E-state index contributed by atoms with van der Waals surface area (Å²) in [6.07, 6.45) is 1.79. The predicted molar refractivity (Wildman–Crippen MR) is 121 cm³/mol. The lowest BCUT2D eigenvalue weighted by Crippen LogP contribution is -2.11. The first-order chi connectivity index (χ1) is 16.0. The molecular weight excluding hydrogens is 462 g/mol. The third-order valence-corrected chi connectivity index (χ3v) is 2.03. The monoisotopic (exact) mass is 499 g/mol. The second-order valence-corrected chi connectivity index (χ2v) is 4.66. The average molecular weight is 500 g/mol. The zero-order valence-electron chi connectivity index (χ0n) is 19.3. The summed E-state index contributed by atoms with van der Waals surface area (Å²) in [6.45, 7) is 13.7. The van der Waals surface area contributed by atoms with Crippen LogP contribution < -0.4 is 5.73 Å². The molecule has 0 fully saturated rings. The minimum Gasteiger partial charge on any atom is -0.478 e. The molecule has 14 heteroatoms. The fourth-order valence-electron chi connectivity index (χ4n) is 0.813. The highest BCUT2D eigenvalue weighted by atomic mass is 16.5. The average Bonchev–Trinajstić information content (AvgIpc) is 2.79. The Kier molecular flexibility index (Phi) is 48.4. The molecule has 0 rings (SSSR count). The molecule has 0 aromatic heterocycles. The van der Waals surface area contributed by atoms with Gasteiger partial charge in [0.05, 0.1) is 59.5 Å². The smallest absolute Gasteiger partial charge is 0.404 e. The second kappa shape index (κ2) is 40.1. The summed E-state index contributed by atoms with van der Waals surface area (Å²) in [5.74, 6) is -2.94. The highest BCUT2D eigenvalue weighted by molar-refractivity contribution is 5.79. The highest BCUT2D eigenvalue weighted by Gasteiger charge is 1.90. The third-order valence-electron chi connectivity index (χ3n) is 2.03. The molecule has 0 bridgehead atoms. The van der Waals surface area contributed by atoms with Crippen molar-refractivity contribution in [3.8, 4) is 0 Å². The number of carboxylic acid groups (broad SMARTS) is 3. The van der Waals surface area contributed by atoms with Crippen LogP contribution in [0.4, 0.5) is 4.79 Å². The first kappa shape index (κ1) is 41.0. The number of ether oxygens (including phenoxy) is 4. The van der Waals surface area contributed by atoms with Gasteiger partial charge >= 0.3 is 24.0 Å². The number of aliphatic hydroxyl groups excluding tert-OH is 2. The molecule has 0 heterocycles. The van der Waals surface area contributed by atoms with E-state index < -0.39 is 24.0 Å². The topological polar surface area (TPSA) is 232 Å². The molecule has 34 heavy (non-hydrogen) atoms. The van der Waals surface area contributed by atoms with Crippen LogP contribution in [0.3, 0.4) is 0 Å². The van der Waals surface area contributed by atoms with Crippen LogP contribution >= 0.6 is 0 Å². The van der Waals surface area contributed by atoms with E-state index in [9.17, 15) is 19.2 Å². The molecule has 0 saturated carbocycles. The summed E-state index contributed by atoms with van der Waals surface area (Å²) in [6, 6.07) is 0. The molecule has 0 aromatic rings. The lowest BCUT2D eigenvalue weighted by Gasteiger charge is -2.04. The van der Waals surface area contributed by atoms with E-state index in [4.69, 9.17) is 39.7 Å². The van der Waals surface area contributed by atoms with Crippen molar-refractivity contribution in [1.82, 2.24) is 0 Å². The number of aliphatic carboxylic acids is 3. The van der Waals surface area contributed by atoms with Crippen LogP contribution in [0.5, 0.6) is 0 Å². The van der Waals surface area contributed by atoms with Gasteiger partial charge in [0.25, 0.3) is 0 Å². The molecule has 0 saturated heterocycles. The predicted octanol–water partition coefficient (Wildman–Crippen LogP) is -0.107. The van der Waals surface area contributed by atoms with Crippen molar-refractivity contribution in [2.45, 2.75) is 6.92 Å². The van der Waals surface area contributed by atoms with Gasteiger partial charge in [-0.1, -0.05) is 19.7 Å². The number of amides is 1. The van der Waals surface area contributed by atoms with Crippen LogP contribution in [0.25, 0.3) is 0 Å².